The summed E-state index contributed by atoms with van der Waals surface area (Å²) in [4.78, 5) is 30.9. The highest BCUT2D eigenvalue weighted by molar-refractivity contribution is 8.00. The van der Waals surface area contributed by atoms with E-state index in [-0.39, 0.29) is 16.7 Å². The third kappa shape index (κ3) is 4.38. The Morgan fingerprint density at radius 3 is 2.82 bits per heavy atom. The van der Waals surface area contributed by atoms with Gasteiger partial charge in [-0.2, -0.15) is 0 Å². The van der Waals surface area contributed by atoms with Crippen LogP contribution in [0, 0.1) is 6.92 Å². The number of hydrogen-bond acceptors (Lipinski definition) is 7. The lowest BCUT2D eigenvalue weighted by Crippen LogP contribution is -2.25. The Kier molecular flexibility index (Phi) is 5.67. The van der Waals surface area contributed by atoms with Crippen LogP contribution in [-0.2, 0) is 11.2 Å². The van der Waals surface area contributed by atoms with Gasteiger partial charge in [0, 0.05) is 11.8 Å². The van der Waals surface area contributed by atoms with Gasteiger partial charge < -0.3 is 4.98 Å². The molecule has 22 heavy (non-hydrogen) atoms. The Morgan fingerprint density at radius 2 is 2.23 bits per heavy atom. The summed E-state index contributed by atoms with van der Waals surface area (Å²) in [7, 11) is 0. The molecule has 1 amide bonds. The molecule has 0 saturated carbocycles. The molecule has 2 aromatic rings. The quantitative estimate of drug-likeness (QED) is 0.617. The number of nitrogens with zero attached hydrogens (tertiary/aromatic N) is 3. The topological polar surface area (TPSA) is 101 Å². The second-order valence-corrected chi connectivity index (χ2v) is 6.90. The van der Waals surface area contributed by atoms with E-state index in [1.165, 1.54) is 29.2 Å². The van der Waals surface area contributed by atoms with Gasteiger partial charge in [0.15, 0.2) is 5.16 Å². The maximum absolute atomic E-state index is 12.3. The molecular formula is C13H17N5O2S2. The Hall–Kier alpha value is -1.74. The molecule has 2 aromatic heterocycles. The van der Waals surface area contributed by atoms with Gasteiger partial charge in [0.25, 0.3) is 5.56 Å². The molecule has 1 atom stereocenters. The van der Waals surface area contributed by atoms with Crippen LogP contribution in [0.1, 0.15) is 31.0 Å². The maximum atomic E-state index is 12.3. The average molecular weight is 339 g/mol. The number of carbonyl (C=O) groups is 1. The summed E-state index contributed by atoms with van der Waals surface area (Å²) in [5.74, 6) is -0.173. The van der Waals surface area contributed by atoms with Crippen molar-refractivity contribution in [1.29, 1.82) is 0 Å². The van der Waals surface area contributed by atoms with E-state index in [9.17, 15) is 9.59 Å². The lowest BCUT2D eigenvalue weighted by Gasteiger charge is -2.12. The Labute approximate surface area is 136 Å². The molecule has 2 heterocycles. The highest BCUT2D eigenvalue weighted by Crippen LogP contribution is 2.23. The first-order valence-electron chi connectivity index (χ1n) is 6.89. The zero-order valence-electron chi connectivity index (χ0n) is 12.5. The largest absolute Gasteiger partial charge is 0.301 e. The number of aryl methyl sites for hydroxylation is 2. The SMILES string of the molecule is CCc1cc(=O)[nH]c(SC(CC)C(=O)Nc2nnc(C)s2)n1. The summed E-state index contributed by atoms with van der Waals surface area (Å²) in [6.45, 7) is 5.66. The van der Waals surface area contributed by atoms with Crippen LogP contribution in [0.4, 0.5) is 5.13 Å². The van der Waals surface area contributed by atoms with Crippen molar-refractivity contribution in [3.63, 3.8) is 0 Å². The summed E-state index contributed by atoms with van der Waals surface area (Å²) in [5, 5.41) is 11.8. The highest BCUT2D eigenvalue weighted by atomic mass is 32.2. The standard InChI is InChI=1S/C13H17N5O2S2/c1-4-8-6-10(19)15-12(14-8)22-9(5-2)11(20)16-13-18-17-7(3)21-13/h6,9H,4-5H2,1-3H3,(H,14,15,19)(H,16,18,20). The molecule has 0 fully saturated rings. The zero-order chi connectivity index (χ0) is 16.1. The normalized spacial score (nSPS) is 12.1. The third-order valence-electron chi connectivity index (χ3n) is 2.81. The first kappa shape index (κ1) is 16.6. The van der Waals surface area contributed by atoms with Crippen LogP contribution < -0.4 is 10.9 Å². The van der Waals surface area contributed by atoms with Gasteiger partial charge in [-0.25, -0.2) is 4.98 Å². The van der Waals surface area contributed by atoms with Crippen molar-refractivity contribution in [1.82, 2.24) is 20.2 Å². The van der Waals surface area contributed by atoms with E-state index in [4.69, 9.17) is 0 Å². The molecule has 2 rings (SSSR count). The van der Waals surface area contributed by atoms with Crippen molar-refractivity contribution in [3.8, 4) is 0 Å². The fourth-order valence-corrected chi connectivity index (χ4v) is 3.24. The van der Waals surface area contributed by atoms with Crippen molar-refractivity contribution in [2.75, 3.05) is 5.32 Å². The van der Waals surface area contributed by atoms with E-state index >= 15 is 0 Å². The molecule has 1 unspecified atom stereocenters. The Morgan fingerprint density at radius 1 is 1.45 bits per heavy atom. The minimum Gasteiger partial charge on any atom is -0.301 e. The second kappa shape index (κ2) is 7.50. The fourth-order valence-electron chi connectivity index (χ4n) is 1.71. The molecule has 0 spiro atoms. The van der Waals surface area contributed by atoms with Crippen LogP contribution in [0.15, 0.2) is 16.0 Å². The number of anilines is 1. The first-order valence-corrected chi connectivity index (χ1v) is 8.59. The van der Waals surface area contributed by atoms with E-state index in [0.717, 1.165) is 5.01 Å². The Balaban J connectivity index is 2.09. The molecule has 0 aromatic carbocycles. The number of carbonyl (C=O) groups excluding carboxylic acids is 1. The maximum Gasteiger partial charge on any atom is 0.251 e. The van der Waals surface area contributed by atoms with Crippen LogP contribution in [0.3, 0.4) is 0 Å². The minimum absolute atomic E-state index is 0.173. The molecule has 0 aliphatic carbocycles. The number of aromatic nitrogens is 4. The number of H-pyrrole nitrogens is 1. The van der Waals surface area contributed by atoms with Crippen LogP contribution in [0.25, 0.3) is 0 Å². The molecule has 9 heteroatoms. The second-order valence-electron chi connectivity index (χ2n) is 4.53. The molecule has 0 radical (unpaired) electrons. The first-order chi connectivity index (χ1) is 10.5. The summed E-state index contributed by atoms with van der Waals surface area (Å²) in [6.07, 6.45) is 1.28. The predicted octanol–water partition coefficient (Wildman–Crippen LogP) is 2.00. The number of nitrogens with one attached hydrogen (secondary N) is 2. The molecule has 7 nitrogen and oxygen atoms in total. The van der Waals surface area contributed by atoms with Crippen LogP contribution in [0.5, 0.6) is 0 Å². The van der Waals surface area contributed by atoms with Crippen molar-refractivity contribution in [2.45, 2.75) is 44.0 Å². The fraction of sp³-hybridized carbons (Fsp3) is 0.462. The smallest absolute Gasteiger partial charge is 0.251 e. The summed E-state index contributed by atoms with van der Waals surface area (Å²) in [5.41, 5.74) is 0.505. The van der Waals surface area contributed by atoms with Gasteiger partial charge in [-0.3, -0.25) is 14.9 Å². The predicted molar refractivity (Wildman–Crippen MR) is 87.4 cm³/mol. The summed E-state index contributed by atoms with van der Waals surface area (Å²) >= 11 is 2.57. The lowest BCUT2D eigenvalue weighted by atomic mass is 10.3. The van der Waals surface area contributed by atoms with Crippen molar-refractivity contribution < 1.29 is 4.79 Å². The summed E-state index contributed by atoms with van der Waals surface area (Å²) in [6, 6.07) is 1.47. The van der Waals surface area contributed by atoms with Gasteiger partial charge in [0.2, 0.25) is 11.0 Å². The van der Waals surface area contributed by atoms with Gasteiger partial charge in [-0.15, -0.1) is 10.2 Å². The molecule has 0 saturated heterocycles. The molecule has 118 valence electrons. The number of aromatic amines is 1. The molecular weight excluding hydrogens is 322 g/mol. The molecule has 0 aliphatic rings. The van der Waals surface area contributed by atoms with Gasteiger partial charge in [-0.1, -0.05) is 36.9 Å². The number of rotatable bonds is 6. The van der Waals surface area contributed by atoms with Crippen molar-refractivity contribution in [3.05, 3.63) is 27.1 Å². The van der Waals surface area contributed by atoms with E-state index < -0.39 is 0 Å². The van der Waals surface area contributed by atoms with Gasteiger partial charge >= 0.3 is 0 Å². The van der Waals surface area contributed by atoms with E-state index in [1.54, 1.807) is 0 Å². The average Bonchev–Trinajstić information content (AvgIpc) is 2.89. The monoisotopic (exact) mass is 339 g/mol. The number of amides is 1. The van der Waals surface area contributed by atoms with Crippen LogP contribution in [0.2, 0.25) is 0 Å². The van der Waals surface area contributed by atoms with Crippen molar-refractivity contribution >= 4 is 34.1 Å². The van der Waals surface area contributed by atoms with Crippen molar-refractivity contribution in [2.24, 2.45) is 0 Å². The highest BCUT2D eigenvalue weighted by Gasteiger charge is 2.20. The molecule has 0 bridgehead atoms. The van der Waals surface area contributed by atoms with E-state index in [1.807, 2.05) is 20.8 Å². The molecule has 2 N–H and O–H groups in total. The minimum atomic E-state index is -0.362. The van der Waals surface area contributed by atoms with Crippen LogP contribution >= 0.6 is 23.1 Å². The Bertz CT molecular complexity index is 712. The lowest BCUT2D eigenvalue weighted by molar-refractivity contribution is -0.115. The number of thioether (sulfide) groups is 1. The van der Waals surface area contributed by atoms with E-state index in [0.29, 0.717) is 28.8 Å². The van der Waals surface area contributed by atoms with Gasteiger partial charge in [0.1, 0.15) is 5.01 Å². The van der Waals surface area contributed by atoms with E-state index in [2.05, 4.69) is 25.5 Å². The van der Waals surface area contributed by atoms with Crippen LogP contribution in [-0.4, -0.2) is 31.3 Å². The van der Waals surface area contributed by atoms with Gasteiger partial charge in [-0.05, 0) is 19.8 Å². The zero-order valence-corrected chi connectivity index (χ0v) is 14.2. The number of hydrogen-bond donors (Lipinski definition) is 2. The van der Waals surface area contributed by atoms with Gasteiger partial charge in [0.05, 0.1) is 5.25 Å². The summed E-state index contributed by atoms with van der Waals surface area (Å²) < 4.78 is 0. The third-order valence-corrected chi connectivity index (χ3v) is 4.81. The molecule has 0 aliphatic heterocycles.